The quantitative estimate of drug-likeness (QED) is 0.878. The van der Waals surface area contributed by atoms with Crippen LogP contribution < -0.4 is 4.74 Å². The summed E-state index contributed by atoms with van der Waals surface area (Å²) < 4.78 is 10.6. The molecule has 2 rings (SSSR count). The highest BCUT2D eigenvalue weighted by molar-refractivity contribution is 5.67. The fourth-order valence-electron chi connectivity index (χ4n) is 2.43. The van der Waals surface area contributed by atoms with E-state index in [0.29, 0.717) is 31.0 Å². The van der Waals surface area contributed by atoms with Crippen LogP contribution >= 0.6 is 0 Å². The van der Waals surface area contributed by atoms with E-state index >= 15 is 0 Å². The molecule has 21 heavy (non-hydrogen) atoms. The van der Waals surface area contributed by atoms with Gasteiger partial charge < -0.3 is 14.6 Å². The van der Waals surface area contributed by atoms with Gasteiger partial charge >= 0.3 is 5.97 Å². The van der Waals surface area contributed by atoms with E-state index in [1.54, 1.807) is 6.07 Å². The first-order valence-electron chi connectivity index (χ1n) is 6.75. The summed E-state index contributed by atoms with van der Waals surface area (Å²) in [6.45, 7) is 2.57. The largest absolute Gasteiger partial charge is 0.495 e. The fraction of sp³-hybridized carbons (Fsp3) is 0.467. The third kappa shape index (κ3) is 4.18. The van der Waals surface area contributed by atoms with Crippen LogP contribution in [0.25, 0.3) is 0 Å². The van der Waals surface area contributed by atoms with Gasteiger partial charge in [0, 0.05) is 19.6 Å². The molecule has 0 bridgehead atoms. The minimum atomic E-state index is -0.845. The molecule has 0 saturated carbocycles. The van der Waals surface area contributed by atoms with Gasteiger partial charge in [0.1, 0.15) is 11.8 Å². The van der Waals surface area contributed by atoms with Crippen LogP contribution in [-0.2, 0) is 16.1 Å². The molecule has 1 heterocycles. The number of carboxylic acid groups (broad SMARTS) is 1. The molecule has 1 saturated heterocycles. The average Bonchev–Trinajstić information content (AvgIpc) is 2.46. The summed E-state index contributed by atoms with van der Waals surface area (Å²) in [6.07, 6.45) is -0.246. The third-order valence-corrected chi connectivity index (χ3v) is 3.42. The minimum Gasteiger partial charge on any atom is -0.495 e. The van der Waals surface area contributed by atoms with Crippen molar-refractivity contribution in [1.82, 2.24) is 4.90 Å². The average molecular weight is 290 g/mol. The van der Waals surface area contributed by atoms with Gasteiger partial charge in [-0.1, -0.05) is 6.07 Å². The number of aliphatic carboxylic acids is 1. The van der Waals surface area contributed by atoms with Crippen LogP contribution in [0.2, 0.25) is 0 Å². The maximum atomic E-state index is 10.7. The van der Waals surface area contributed by atoms with Crippen LogP contribution in [0.15, 0.2) is 18.2 Å². The van der Waals surface area contributed by atoms with Gasteiger partial charge in [-0.05, 0) is 17.7 Å². The molecule has 1 unspecified atom stereocenters. The molecule has 0 spiro atoms. The zero-order chi connectivity index (χ0) is 15.2. The van der Waals surface area contributed by atoms with E-state index in [4.69, 9.17) is 19.8 Å². The molecule has 1 N–H and O–H groups in total. The Kier molecular flexibility index (Phi) is 5.14. The molecular weight excluding hydrogens is 272 g/mol. The number of benzene rings is 1. The van der Waals surface area contributed by atoms with Crippen LogP contribution in [0.1, 0.15) is 17.5 Å². The Morgan fingerprint density at radius 3 is 3.10 bits per heavy atom. The molecular formula is C15H18N2O4. The lowest BCUT2D eigenvalue weighted by Gasteiger charge is -2.32. The summed E-state index contributed by atoms with van der Waals surface area (Å²) in [7, 11) is 1.54. The van der Waals surface area contributed by atoms with Gasteiger partial charge in [-0.2, -0.15) is 5.26 Å². The number of nitriles is 1. The van der Waals surface area contributed by atoms with Crippen molar-refractivity contribution in [1.29, 1.82) is 5.26 Å². The molecule has 1 aromatic rings. The highest BCUT2D eigenvalue weighted by Crippen LogP contribution is 2.21. The van der Waals surface area contributed by atoms with Crippen LogP contribution in [0.4, 0.5) is 0 Å². The number of hydrogen-bond donors (Lipinski definition) is 1. The van der Waals surface area contributed by atoms with Crippen molar-refractivity contribution in [2.75, 3.05) is 26.8 Å². The molecule has 112 valence electrons. The summed E-state index contributed by atoms with van der Waals surface area (Å²) in [4.78, 5) is 12.9. The monoisotopic (exact) mass is 290 g/mol. The second-order valence-electron chi connectivity index (χ2n) is 4.97. The number of morpholine rings is 1. The maximum absolute atomic E-state index is 10.7. The van der Waals surface area contributed by atoms with Crippen LogP contribution in [0.3, 0.4) is 0 Å². The van der Waals surface area contributed by atoms with Gasteiger partial charge in [-0.3, -0.25) is 9.69 Å². The lowest BCUT2D eigenvalue weighted by molar-refractivity contribution is -0.142. The Balaban J connectivity index is 2.01. The number of hydrogen-bond acceptors (Lipinski definition) is 5. The Bertz CT molecular complexity index is 553. The molecule has 0 radical (unpaired) electrons. The van der Waals surface area contributed by atoms with E-state index in [1.165, 1.54) is 7.11 Å². The van der Waals surface area contributed by atoms with Gasteiger partial charge in [-0.15, -0.1) is 0 Å². The predicted molar refractivity (Wildman–Crippen MR) is 75.0 cm³/mol. The smallest absolute Gasteiger partial charge is 0.306 e. The molecule has 0 aliphatic carbocycles. The molecule has 6 heteroatoms. The predicted octanol–water partition coefficient (Wildman–Crippen LogP) is 1.24. The van der Waals surface area contributed by atoms with Crippen molar-refractivity contribution < 1.29 is 19.4 Å². The summed E-state index contributed by atoms with van der Waals surface area (Å²) in [5.74, 6) is -0.285. The number of ether oxygens (including phenoxy) is 2. The fourth-order valence-corrected chi connectivity index (χ4v) is 2.43. The summed E-state index contributed by atoms with van der Waals surface area (Å²) in [5.41, 5.74) is 1.54. The first kappa shape index (κ1) is 15.3. The number of methoxy groups -OCH3 is 1. The number of carbonyl (C=O) groups is 1. The van der Waals surface area contributed by atoms with Gasteiger partial charge in [0.25, 0.3) is 0 Å². The molecule has 1 aliphatic heterocycles. The van der Waals surface area contributed by atoms with Gasteiger partial charge in [-0.25, -0.2) is 0 Å². The molecule has 0 amide bonds. The van der Waals surface area contributed by atoms with Gasteiger partial charge in [0.2, 0.25) is 0 Å². The number of nitrogens with zero attached hydrogens (tertiary/aromatic N) is 2. The van der Waals surface area contributed by atoms with Gasteiger partial charge in [0.15, 0.2) is 0 Å². The second-order valence-corrected chi connectivity index (χ2v) is 4.97. The summed E-state index contributed by atoms with van der Waals surface area (Å²) >= 11 is 0. The highest BCUT2D eigenvalue weighted by Gasteiger charge is 2.22. The van der Waals surface area contributed by atoms with E-state index < -0.39 is 5.97 Å². The molecule has 1 fully saturated rings. The van der Waals surface area contributed by atoms with Crippen molar-refractivity contribution >= 4 is 5.97 Å². The molecule has 1 atom stereocenters. The second kappa shape index (κ2) is 7.07. The normalized spacial score (nSPS) is 19.0. The summed E-state index contributed by atoms with van der Waals surface area (Å²) in [5, 5.41) is 17.8. The maximum Gasteiger partial charge on any atom is 0.306 e. The lowest BCUT2D eigenvalue weighted by atomic mass is 10.1. The Morgan fingerprint density at radius 2 is 2.43 bits per heavy atom. The standard InChI is InChI=1S/C15H18N2O4/c1-20-14-6-11(2-3-12(14)8-16)9-17-4-5-21-13(10-17)7-15(18)19/h2-3,6,13H,4-5,7,9-10H2,1H3,(H,18,19). The van der Waals surface area contributed by atoms with Crippen molar-refractivity contribution in [3.63, 3.8) is 0 Å². The molecule has 0 aromatic heterocycles. The zero-order valence-electron chi connectivity index (χ0n) is 11.9. The Labute approximate surface area is 123 Å². The van der Waals surface area contributed by atoms with Gasteiger partial charge in [0.05, 0.1) is 31.8 Å². The van der Waals surface area contributed by atoms with E-state index in [0.717, 1.165) is 12.1 Å². The number of rotatable bonds is 5. The number of carboxylic acids is 1. The Morgan fingerprint density at radius 1 is 1.62 bits per heavy atom. The van der Waals surface area contributed by atoms with E-state index in [1.807, 2.05) is 12.1 Å². The zero-order valence-corrected chi connectivity index (χ0v) is 11.9. The highest BCUT2D eigenvalue weighted by atomic mass is 16.5. The van der Waals surface area contributed by atoms with E-state index in [-0.39, 0.29) is 12.5 Å². The SMILES string of the molecule is COc1cc(CN2CCOC(CC(=O)O)C2)ccc1C#N. The van der Waals surface area contributed by atoms with Crippen LogP contribution in [-0.4, -0.2) is 48.9 Å². The molecule has 1 aliphatic rings. The van der Waals surface area contributed by atoms with Crippen molar-refractivity contribution in [2.24, 2.45) is 0 Å². The van der Waals surface area contributed by atoms with Crippen molar-refractivity contribution in [2.45, 2.75) is 19.1 Å². The van der Waals surface area contributed by atoms with Crippen LogP contribution in [0, 0.1) is 11.3 Å². The lowest BCUT2D eigenvalue weighted by Crippen LogP contribution is -2.42. The van der Waals surface area contributed by atoms with E-state index in [2.05, 4.69) is 11.0 Å². The first-order valence-corrected chi connectivity index (χ1v) is 6.75. The van der Waals surface area contributed by atoms with Crippen molar-refractivity contribution in [3.05, 3.63) is 29.3 Å². The topological polar surface area (TPSA) is 82.8 Å². The first-order chi connectivity index (χ1) is 10.1. The van der Waals surface area contributed by atoms with Crippen molar-refractivity contribution in [3.8, 4) is 11.8 Å². The molecule has 6 nitrogen and oxygen atoms in total. The Hall–Kier alpha value is -2.10. The molecule has 1 aromatic carbocycles. The van der Waals surface area contributed by atoms with E-state index in [9.17, 15) is 4.79 Å². The third-order valence-electron chi connectivity index (χ3n) is 3.42. The minimum absolute atomic E-state index is 0.0210. The summed E-state index contributed by atoms with van der Waals surface area (Å²) in [6, 6.07) is 7.56. The van der Waals surface area contributed by atoms with Crippen LogP contribution in [0.5, 0.6) is 5.75 Å².